The van der Waals surface area contributed by atoms with Crippen molar-refractivity contribution in [2.24, 2.45) is 0 Å². The minimum absolute atomic E-state index is 0.0389. The molecule has 1 saturated heterocycles. The molecule has 2 rings (SSSR count). The molecule has 14 heavy (non-hydrogen) atoms. The van der Waals surface area contributed by atoms with E-state index < -0.39 is 0 Å². The Bertz CT molecular complexity index is 357. The molecule has 0 aromatic carbocycles. The van der Waals surface area contributed by atoms with Gasteiger partial charge < -0.3 is 4.90 Å². The molecule has 0 spiro atoms. The Balaban J connectivity index is 2.05. The highest BCUT2D eigenvalue weighted by Gasteiger charge is 2.27. The summed E-state index contributed by atoms with van der Waals surface area (Å²) in [6.07, 6.45) is 1.11. The highest BCUT2D eigenvalue weighted by atomic mass is 32.1. The smallest absolute Gasteiger partial charge is 0.300 e. The molecule has 5 heteroatoms. The molecule has 0 radical (unpaired) electrons. The van der Waals surface area contributed by atoms with Gasteiger partial charge in [-0.15, -0.1) is 0 Å². The van der Waals surface area contributed by atoms with Gasteiger partial charge in [0.05, 0.1) is 0 Å². The summed E-state index contributed by atoms with van der Waals surface area (Å²) < 4.78 is 4.14. The lowest BCUT2D eigenvalue weighted by atomic mass is 10.1. The fourth-order valence-corrected chi connectivity index (χ4v) is 2.42. The van der Waals surface area contributed by atoms with Gasteiger partial charge in [0, 0.05) is 30.0 Å². The quantitative estimate of drug-likeness (QED) is 0.798. The van der Waals surface area contributed by atoms with Crippen LogP contribution in [-0.4, -0.2) is 33.4 Å². The first kappa shape index (κ1) is 9.86. The Hall–Kier alpha value is -0.680. The van der Waals surface area contributed by atoms with Gasteiger partial charge in [0.1, 0.15) is 5.82 Å². The maximum Gasteiger partial charge on any atom is 0.323 e. The molecule has 78 valence electrons. The largest absolute Gasteiger partial charge is 0.323 e. The van der Waals surface area contributed by atoms with Crippen molar-refractivity contribution in [1.82, 2.24) is 14.3 Å². The van der Waals surface area contributed by atoms with Crippen LogP contribution in [-0.2, 0) is 0 Å². The minimum Gasteiger partial charge on any atom is -0.300 e. The number of nitrogens with one attached hydrogen (secondary N) is 1. The summed E-state index contributed by atoms with van der Waals surface area (Å²) >= 11 is 1.02. The molecule has 1 aliphatic rings. The van der Waals surface area contributed by atoms with E-state index in [4.69, 9.17) is 0 Å². The molecule has 1 N–H and O–H groups in total. The second-order valence-electron chi connectivity index (χ2n) is 4.05. The number of H-pyrrole nitrogens is 1. The van der Waals surface area contributed by atoms with E-state index in [9.17, 15) is 4.79 Å². The first-order valence-electron chi connectivity index (χ1n) is 4.96. The van der Waals surface area contributed by atoms with Crippen molar-refractivity contribution in [2.75, 3.05) is 13.1 Å². The lowest BCUT2D eigenvalue weighted by molar-refractivity contribution is 0.272. The van der Waals surface area contributed by atoms with Crippen molar-refractivity contribution in [1.29, 1.82) is 0 Å². The summed E-state index contributed by atoms with van der Waals surface area (Å²) in [5.41, 5.74) is 0. The average Bonchev–Trinajstić information content (AvgIpc) is 2.70. The number of aromatic amines is 1. The van der Waals surface area contributed by atoms with Gasteiger partial charge in [-0.25, -0.2) is 0 Å². The topological polar surface area (TPSA) is 49.0 Å². The van der Waals surface area contributed by atoms with Gasteiger partial charge in [-0.2, -0.15) is 4.37 Å². The predicted octanol–water partition coefficient (Wildman–Crippen LogP) is 1.03. The molecular weight excluding hydrogens is 198 g/mol. The zero-order chi connectivity index (χ0) is 10.1. The van der Waals surface area contributed by atoms with Crippen LogP contribution in [0.2, 0.25) is 0 Å². The van der Waals surface area contributed by atoms with Crippen LogP contribution in [0.15, 0.2) is 4.79 Å². The summed E-state index contributed by atoms with van der Waals surface area (Å²) in [6, 6.07) is 0.588. The van der Waals surface area contributed by atoms with Crippen molar-refractivity contribution in [3.63, 3.8) is 0 Å². The van der Waals surface area contributed by atoms with Gasteiger partial charge in [-0.05, 0) is 26.8 Å². The summed E-state index contributed by atoms with van der Waals surface area (Å²) in [4.78, 5) is 16.1. The lowest BCUT2D eigenvalue weighted by Gasteiger charge is -2.19. The molecule has 0 amide bonds. The molecule has 1 fully saturated rings. The first-order chi connectivity index (χ1) is 6.66. The third kappa shape index (κ3) is 1.88. The van der Waals surface area contributed by atoms with E-state index in [0.29, 0.717) is 12.0 Å². The number of hydrogen-bond acceptors (Lipinski definition) is 4. The number of aromatic nitrogens is 2. The molecule has 1 aromatic heterocycles. The molecule has 1 aromatic rings. The Morgan fingerprint density at radius 2 is 2.43 bits per heavy atom. The first-order valence-corrected chi connectivity index (χ1v) is 5.74. The van der Waals surface area contributed by atoms with Gasteiger partial charge in [-0.3, -0.25) is 9.78 Å². The van der Waals surface area contributed by atoms with Gasteiger partial charge in [0.25, 0.3) is 0 Å². The molecule has 0 bridgehead atoms. The van der Waals surface area contributed by atoms with Crippen LogP contribution in [0.4, 0.5) is 0 Å². The van der Waals surface area contributed by atoms with Crippen LogP contribution in [0.1, 0.15) is 32.0 Å². The zero-order valence-corrected chi connectivity index (χ0v) is 9.30. The Morgan fingerprint density at radius 1 is 1.64 bits per heavy atom. The fourth-order valence-electron chi connectivity index (χ4n) is 1.90. The third-order valence-electron chi connectivity index (χ3n) is 2.79. The van der Waals surface area contributed by atoms with Gasteiger partial charge in [0.15, 0.2) is 0 Å². The van der Waals surface area contributed by atoms with Gasteiger partial charge >= 0.3 is 4.87 Å². The molecule has 1 aliphatic heterocycles. The lowest BCUT2D eigenvalue weighted by Crippen LogP contribution is -2.28. The number of hydrogen-bond donors (Lipinski definition) is 1. The minimum atomic E-state index is -0.0389. The van der Waals surface area contributed by atoms with Crippen LogP contribution >= 0.6 is 11.5 Å². The molecule has 0 saturated carbocycles. The van der Waals surface area contributed by atoms with Crippen molar-refractivity contribution in [3.05, 3.63) is 15.5 Å². The standard InChI is InChI=1S/C9H15N3OS/c1-6(2)12-4-3-7(5-12)8-10-9(13)14-11-8/h6-7H,3-5H2,1-2H3,(H,10,11,13)/t7-/m1/s1. The zero-order valence-electron chi connectivity index (χ0n) is 8.49. The number of likely N-dealkylation sites (tertiary alicyclic amines) is 1. The monoisotopic (exact) mass is 213 g/mol. The van der Waals surface area contributed by atoms with E-state index >= 15 is 0 Å². The van der Waals surface area contributed by atoms with E-state index in [1.165, 1.54) is 0 Å². The molecule has 1 atom stereocenters. The summed E-state index contributed by atoms with van der Waals surface area (Å²) in [5, 5.41) is 0. The van der Waals surface area contributed by atoms with Crippen LogP contribution < -0.4 is 4.87 Å². The van der Waals surface area contributed by atoms with Crippen LogP contribution in [0, 0.1) is 0 Å². The van der Waals surface area contributed by atoms with Crippen molar-refractivity contribution in [2.45, 2.75) is 32.2 Å². The molecule has 4 nitrogen and oxygen atoms in total. The average molecular weight is 213 g/mol. The van der Waals surface area contributed by atoms with E-state index in [1.54, 1.807) is 0 Å². The Kier molecular flexibility index (Phi) is 2.69. The van der Waals surface area contributed by atoms with Crippen LogP contribution in [0.25, 0.3) is 0 Å². The van der Waals surface area contributed by atoms with E-state index in [0.717, 1.165) is 36.9 Å². The normalized spacial score (nSPS) is 23.5. The van der Waals surface area contributed by atoms with Gasteiger partial charge in [-0.1, -0.05) is 0 Å². The summed E-state index contributed by atoms with van der Waals surface area (Å²) in [5.74, 6) is 1.31. The highest BCUT2D eigenvalue weighted by Crippen LogP contribution is 2.25. The highest BCUT2D eigenvalue weighted by molar-refractivity contribution is 7.02. The maximum absolute atomic E-state index is 10.9. The summed E-state index contributed by atoms with van der Waals surface area (Å²) in [7, 11) is 0. The number of rotatable bonds is 2. The van der Waals surface area contributed by atoms with Crippen LogP contribution in [0.3, 0.4) is 0 Å². The van der Waals surface area contributed by atoms with Crippen molar-refractivity contribution >= 4 is 11.5 Å². The maximum atomic E-state index is 10.9. The van der Waals surface area contributed by atoms with E-state index in [2.05, 4.69) is 28.1 Å². The van der Waals surface area contributed by atoms with Crippen molar-refractivity contribution < 1.29 is 0 Å². The van der Waals surface area contributed by atoms with E-state index in [1.807, 2.05) is 0 Å². The van der Waals surface area contributed by atoms with Crippen LogP contribution in [0.5, 0.6) is 0 Å². The molecule has 2 heterocycles. The molecule has 0 unspecified atom stereocenters. The molecular formula is C9H15N3OS. The van der Waals surface area contributed by atoms with Crippen molar-refractivity contribution in [3.8, 4) is 0 Å². The fraction of sp³-hybridized carbons (Fsp3) is 0.778. The predicted molar refractivity (Wildman–Crippen MR) is 56.8 cm³/mol. The Morgan fingerprint density at radius 3 is 2.93 bits per heavy atom. The van der Waals surface area contributed by atoms with E-state index in [-0.39, 0.29) is 4.87 Å². The summed E-state index contributed by atoms with van der Waals surface area (Å²) in [6.45, 7) is 6.54. The second kappa shape index (κ2) is 3.82. The van der Waals surface area contributed by atoms with Gasteiger partial charge in [0.2, 0.25) is 0 Å². The Labute approximate surface area is 87.1 Å². The third-order valence-corrected chi connectivity index (χ3v) is 3.35. The molecule has 0 aliphatic carbocycles. The second-order valence-corrected chi connectivity index (χ2v) is 4.79. The SMILES string of the molecule is CC(C)N1CC[C@@H](c2nsc(=O)[nH]2)C1. The number of nitrogens with zero attached hydrogens (tertiary/aromatic N) is 2.